The molecular weight excluding hydrogens is 256 g/mol. The van der Waals surface area contributed by atoms with Crippen LogP contribution in [0.15, 0.2) is 34.7 Å². The van der Waals surface area contributed by atoms with Crippen molar-refractivity contribution in [3.05, 3.63) is 34.7 Å². The molecule has 1 radical (unpaired) electrons. The molecule has 5 heteroatoms. The molecule has 109 valence electrons. The number of ketones is 1. The van der Waals surface area contributed by atoms with Gasteiger partial charge < -0.3 is 0 Å². The third kappa shape index (κ3) is 1.73. The first kappa shape index (κ1) is 14.8. The van der Waals surface area contributed by atoms with E-state index in [0.29, 0.717) is 16.7 Å². The first-order valence-corrected chi connectivity index (χ1v) is 6.64. The zero-order chi connectivity index (χ0) is 15.5. The molecule has 20 heavy (non-hydrogen) atoms. The van der Waals surface area contributed by atoms with Gasteiger partial charge in [-0.2, -0.15) is 5.06 Å². The smallest absolute Gasteiger partial charge is 0.179 e. The van der Waals surface area contributed by atoms with Gasteiger partial charge in [0.05, 0.1) is 11.1 Å². The first-order valence-electron chi connectivity index (χ1n) is 6.64. The second-order valence-electron chi connectivity index (χ2n) is 6.48. The highest BCUT2D eigenvalue weighted by Crippen LogP contribution is 2.46. The van der Waals surface area contributed by atoms with Crippen molar-refractivity contribution in [2.24, 2.45) is 0 Å². The Balaban J connectivity index is 2.69. The zero-order valence-electron chi connectivity index (χ0n) is 12.8. The maximum absolute atomic E-state index is 12.6. The number of hydrogen-bond acceptors (Lipinski definition) is 4. The average Bonchev–Trinajstić information content (AvgIpc) is 2.40. The Labute approximate surface area is 119 Å². The number of hydroxylamine groups is 4. The van der Waals surface area contributed by atoms with Crippen LogP contribution in [0.3, 0.4) is 0 Å². The van der Waals surface area contributed by atoms with Crippen molar-refractivity contribution in [2.45, 2.75) is 52.6 Å². The minimum absolute atomic E-state index is 0.0946. The van der Waals surface area contributed by atoms with E-state index in [1.54, 1.807) is 27.7 Å². The minimum Gasteiger partial charge on any atom is -0.290 e. The molecule has 1 saturated heterocycles. The Morgan fingerprint density at radius 3 is 1.80 bits per heavy atom. The van der Waals surface area contributed by atoms with Crippen molar-refractivity contribution in [1.82, 2.24) is 10.1 Å². The number of nitrogens with zero attached hydrogens (tertiary/aromatic N) is 2. The Kier molecular flexibility index (Phi) is 3.11. The predicted octanol–water partition coefficient (Wildman–Crippen LogP) is 2.58. The summed E-state index contributed by atoms with van der Waals surface area (Å²) in [5.74, 6) is 0.109. The maximum Gasteiger partial charge on any atom is 0.179 e. The van der Waals surface area contributed by atoms with Gasteiger partial charge in [-0.15, -0.1) is 0 Å². The van der Waals surface area contributed by atoms with E-state index in [1.807, 2.05) is 13.8 Å². The van der Waals surface area contributed by atoms with Gasteiger partial charge in [0, 0.05) is 5.57 Å². The second kappa shape index (κ2) is 4.20. The van der Waals surface area contributed by atoms with Gasteiger partial charge in [-0.05, 0) is 64.8 Å². The zero-order valence-corrected chi connectivity index (χ0v) is 12.8. The van der Waals surface area contributed by atoms with Gasteiger partial charge in [-0.1, -0.05) is 5.21 Å². The molecule has 1 fully saturated rings. The normalized spacial score (nSPS) is 25.1. The Bertz CT molecular complexity index is 522. The van der Waals surface area contributed by atoms with Gasteiger partial charge >= 0.3 is 0 Å². The number of carbonyl (C=O) groups is 1. The molecule has 0 amide bonds. The highest BCUT2D eigenvalue weighted by Gasteiger charge is 2.57. The summed E-state index contributed by atoms with van der Waals surface area (Å²) in [7, 11) is 0. The molecule has 0 aromatic rings. The molecule has 1 heterocycles. The monoisotopic (exact) mass is 277 g/mol. The van der Waals surface area contributed by atoms with Crippen molar-refractivity contribution >= 4 is 5.78 Å². The molecule has 5 nitrogen and oxygen atoms in total. The third-order valence-corrected chi connectivity index (χ3v) is 4.66. The van der Waals surface area contributed by atoms with Gasteiger partial charge in [0.1, 0.15) is 0 Å². The van der Waals surface area contributed by atoms with Gasteiger partial charge in [-0.3, -0.25) is 10.0 Å². The lowest BCUT2D eigenvalue weighted by Gasteiger charge is -2.36. The Morgan fingerprint density at radius 2 is 1.45 bits per heavy atom. The van der Waals surface area contributed by atoms with Crippen molar-refractivity contribution in [3.63, 3.8) is 0 Å². The van der Waals surface area contributed by atoms with E-state index >= 15 is 0 Å². The van der Waals surface area contributed by atoms with E-state index in [-0.39, 0.29) is 11.6 Å². The summed E-state index contributed by atoms with van der Waals surface area (Å²) in [6, 6.07) is 0. The molecule has 0 atom stereocenters. The first-order chi connectivity index (χ1) is 9.01. The lowest BCUT2D eigenvalue weighted by atomic mass is 9.84. The van der Waals surface area contributed by atoms with Crippen molar-refractivity contribution in [2.75, 3.05) is 0 Å². The summed E-state index contributed by atoms with van der Waals surface area (Å²) in [6.45, 7) is 10.8. The van der Waals surface area contributed by atoms with Crippen molar-refractivity contribution in [1.29, 1.82) is 0 Å². The van der Waals surface area contributed by atoms with Crippen LogP contribution >= 0.6 is 0 Å². The molecule has 2 rings (SSSR count). The van der Waals surface area contributed by atoms with E-state index in [4.69, 9.17) is 0 Å². The lowest BCUT2D eigenvalue weighted by molar-refractivity contribution is -0.181. The quantitative estimate of drug-likeness (QED) is 0.739. The lowest BCUT2D eigenvalue weighted by Crippen LogP contribution is -2.52. The van der Waals surface area contributed by atoms with Crippen LogP contribution in [-0.4, -0.2) is 32.2 Å². The van der Waals surface area contributed by atoms with Gasteiger partial charge in [0.25, 0.3) is 0 Å². The van der Waals surface area contributed by atoms with Gasteiger partial charge in [-0.25, -0.2) is 5.06 Å². The van der Waals surface area contributed by atoms with E-state index in [9.17, 15) is 15.2 Å². The number of allylic oxidation sites excluding steroid dienone is 5. The summed E-state index contributed by atoms with van der Waals surface area (Å²) in [6.07, 6.45) is 2.96. The van der Waals surface area contributed by atoms with E-state index in [2.05, 4.69) is 0 Å². The predicted molar refractivity (Wildman–Crippen MR) is 73.9 cm³/mol. The molecule has 0 unspecified atom stereocenters. The molecule has 2 aliphatic rings. The summed E-state index contributed by atoms with van der Waals surface area (Å²) in [5, 5.41) is 25.0. The van der Waals surface area contributed by atoms with Crippen molar-refractivity contribution in [3.8, 4) is 0 Å². The van der Waals surface area contributed by atoms with Crippen LogP contribution in [0.1, 0.15) is 41.5 Å². The molecule has 1 aliphatic carbocycles. The largest absolute Gasteiger partial charge is 0.290 e. The van der Waals surface area contributed by atoms with Crippen LogP contribution in [0.4, 0.5) is 0 Å². The van der Waals surface area contributed by atoms with Gasteiger partial charge in [0.15, 0.2) is 11.6 Å². The van der Waals surface area contributed by atoms with Crippen LogP contribution < -0.4 is 0 Å². The minimum atomic E-state index is -0.786. The third-order valence-electron chi connectivity index (χ3n) is 4.66. The second-order valence-corrected chi connectivity index (χ2v) is 6.48. The maximum atomic E-state index is 12.6. The average molecular weight is 277 g/mol. The summed E-state index contributed by atoms with van der Waals surface area (Å²) < 4.78 is 0. The molecule has 0 saturated carbocycles. The van der Waals surface area contributed by atoms with Crippen molar-refractivity contribution < 1.29 is 15.2 Å². The molecule has 1 aliphatic heterocycles. The van der Waals surface area contributed by atoms with E-state index < -0.39 is 11.1 Å². The molecule has 0 aromatic heterocycles. The van der Waals surface area contributed by atoms with Crippen LogP contribution in [0.2, 0.25) is 0 Å². The molecular formula is C15H21N2O3. The van der Waals surface area contributed by atoms with E-state index in [0.717, 1.165) is 10.1 Å². The fraction of sp³-hybridized carbons (Fsp3) is 0.533. The van der Waals surface area contributed by atoms with E-state index in [1.165, 1.54) is 12.2 Å². The molecule has 1 N–H and O–H groups in total. The SMILES string of the molecule is CC1=CC(=O)C=C(C)C1=C1N([O])C(C)(C)C(C)(C)N1O. The fourth-order valence-electron chi connectivity index (χ4n) is 2.61. The molecule has 0 aromatic carbocycles. The van der Waals surface area contributed by atoms with Crippen LogP contribution in [0.25, 0.3) is 0 Å². The summed E-state index contributed by atoms with van der Waals surface area (Å²) >= 11 is 0. The summed E-state index contributed by atoms with van der Waals surface area (Å²) in [5.41, 5.74) is 0.489. The highest BCUT2D eigenvalue weighted by molar-refractivity contribution is 6.03. The molecule has 0 bridgehead atoms. The van der Waals surface area contributed by atoms with Crippen LogP contribution in [-0.2, 0) is 10.0 Å². The fourth-order valence-corrected chi connectivity index (χ4v) is 2.61. The highest BCUT2D eigenvalue weighted by atomic mass is 16.6. The number of rotatable bonds is 0. The Morgan fingerprint density at radius 1 is 1.00 bits per heavy atom. The topological polar surface area (TPSA) is 63.7 Å². The van der Waals surface area contributed by atoms with Crippen LogP contribution in [0, 0.1) is 0 Å². The Hall–Kier alpha value is -1.59. The van der Waals surface area contributed by atoms with Crippen LogP contribution in [0.5, 0.6) is 0 Å². The standard InChI is InChI=1S/C15H21N2O3/c1-9-7-11(18)8-10(2)12(9)13-16(19)14(3,4)15(5,6)17(13)20/h7-8,19H,1-6H3. The summed E-state index contributed by atoms with van der Waals surface area (Å²) in [4.78, 5) is 11.5. The molecule has 0 spiro atoms. The number of carbonyl (C=O) groups excluding carboxylic acids is 1. The number of hydrogen-bond donors (Lipinski definition) is 1. The van der Waals surface area contributed by atoms with Gasteiger partial charge in [0.2, 0.25) is 0 Å².